The van der Waals surface area contributed by atoms with Crippen molar-refractivity contribution in [3.05, 3.63) is 82.1 Å². The SMILES string of the molecule is C=O.CC.COc1cc(C)cc(-c2nn(-c3cc(N4CCOCC4)ccc3C)c(=O)c3ccccc23)c1.O=CO. The number of carbonyl (C=O) groups is 2. The number of anilines is 1. The van der Waals surface area contributed by atoms with Crippen LogP contribution in [0.5, 0.6) is 5.75 Å². The largest absolute Gasteiger partial charge is 0.497 e. The first-order valence-electron chi connectivity index (χ1n) is 13.0. The highest BCUT2D eigenvalue weighted by Crippen LogP contribution is 2.30. The van der Waals surface area contributed by atoms with Gasteiger partial charge in [-0.2, -0.15) is 9.78 Å². The van der Waals surface area contributed by atoms with Crippen molar-refractivity contribution in [2.45, 2.75) is 27.7 Å². The highest BCUT2D eigenvalue weighted by atomic mass is 16.5. The Morgan fingerprint density at radius 2 is 1.60 bits per heavy atom. The number of hydrogen-bond donors (Lipinski definition) is 1. The molecule has 212 valence electrons. The van der Waals surface area contributed by atoms with Gasteiger partial charge in [-0.25, -0.2) is 0 Å². The van der Waals surface area contributed by atoms with Gasteiger partial charge < -0.3 is 24.3 Å². The second-order valence-electron chi connectivity index (χ2n) is 8.53. The van der Waals surface area contributed by atoms with E-state index in [2.05, 4.69) is 29.2 Å². The average Bonchev–Trinajstić information content (AvgIpc) is 3.00. The van der Waals surface area contributed by atoms with Crippen molar-refractivity contribution < 1.29 is 24.2 Å². The van der Waals surface area contributed by atoms with Gasteiger partial charge in [-0.15, -0.1) is 0 Å². The van der Waals surface area contributed by atoms with Crippen molar-refractivity contribution in [3.8, 4) is 22.7 Å². The van der Waals surface area contributed by atoms with Crippen molar-refractivity contribution in [1.82, 2.24) is 9.78 Å². The molecule has 9 nitrogen and oxygen atoms in total. The molecule has 2 heterocycles. The van der Waals surface area contributed by atoms with Gasteiger partial charge in [0.2, 0.25) is 0 Å². The summed E-state index contributed by atoms with van der Waals surface area (Å²) in [5.74, 6) is 0.763. The van der Waals surface area contributed by atoms with E-state index in [1.54, 1.807) is 11.8 Å². The molecule has 5 rings (SSSR count). The second-order valence-corrected chi connectivity index (χ2v) is 8.53. The van der Waals surface area contributed by atoms with Gasteiger partial charge in [-0.3, -0.25) is 9.59 Å². The smallest absolute Gasteiger partial charge is 0.290 e. The number of aromatic nitrogens is 2. The standard InChI is InChI=1S/C27H27N3O3.C2H6.CH2O2.CH2O/c1-18-14-20(16-22(15-18)32-3)26-23-6-4-5-7-24(23)27(31)30(28-26)25-17-21(9-8-19(25)2)29-10-12-33-13-11-29;1-2;2-1-3;1-2/h4-9,14-17H,10-13H2,1-3H3;1-2H3;1H,(H,2,3);1H2. The van der Waals surface area contributed by atoms with Crippen molar-refractivity contribution >= 4 is 29.7 Å². The molecule has 0 bridgehead atoms. The predicted octanol–water partition coefficient (Wildman–Crippen LogP) is 5.06. The first kappa shape index (κ1) is 31.7. The Balaban J connectivity index is 0.000000737. The number of rotatable bonds is 4. The fourth-order valence-electron chi connectivity index (χ4n) is 4.41. The van der Waals surface area contributed by atoms with Crippen LogP contribution in [0.1, 0.15) is 25.0 Å². The maximum absolute atomic E-state index is 13.6. The Labute approximate surface area is 234 Å². The zero-order valence-corrected chi connectivity index (χ0v) is 23.7. The number of fused-ring (bicyclic) bond motifs is 1. The number of ether oxygens (including phenoxy) is 2. The Hall–Kier alpha value is -4.50. The molecule has 40 heavy (non-hydrogen) atoms. The lowest BCUT2D eigenvalue weighted by atomic mass is 10.0. The van der Waals surface area contributed by atoms with Crippen molar-refractivity contribution in [3.63, 3.8) is 0 Å². The number of morpholine rings is 1. The quantitative estimate of drug-likeness (QED) is 0.353. The van der Waals surface area contributed by atoms with E-state index in [0.717, 1.165) is 58.0 Å². The van der Waals surface area contributed by atoms with E-state index in [1.165, 1.54) is 0 Å². The number of carbonyl (C=O) groups excluding carboxylic acids is 1. The Kier molecular flexibility index (Phi) is 12.5. The third kappa shape index (κ3) is 7.33. The van der Waals surface area contributed by atoms with Gasteiger partial charge in [0.1, 0.15) is 12.5 Å². The van der Waals surface area contributed by atoms with Crippen molar-refractivity contribution in [2.24, 2.45) is 0 Å². The van der Waals surface area contributed by atoms with Gasteiger partial charge in [-0.1, -0.05) is 38.1 Å². The number of methoxy groups -OCH3 is 1. The number of hydrogen-bond acceptors (Lipinski definition) is 7. The van der Waals surface area contributed by atoms with Crippen LogP contribution in [-0.2, 0) is 14.3 Å². The van der Waals surface area contributed by atoms with E-state index in [4.69, 9.17) is 29.3 Å². The summed E-state index contributed by atoms with van der Waals surface area (Å²) < 4.78 is 12.5. The van der Waals surface area contributed by atoms with Gasteiger partial charge in [0, 0.05) is 29.7 Å². The Morgan fingerprint density at radius 3 is 2.23 bits per heavy atom. The van der Waals surface area contributed by atoms with Crippen LogP contribution in [0, 0.1) is 13.8 Å². The summed E-state index contributed by atoms with van der Waals surface area (Å²) in [4.78, 5) is 32.2. The molecular weight excluding hydrogens is 510 g/mol. The van der Waals surface area contributed by atoms with Gasteiger partial charge in [0.15, 0.2) is 0 Å². The third-order valence-electron chi connectivity index (χ3n) is 6.16. The summed E-state index contributed by atoms with van der Waals surface area (Å²) in [6.45, 7) is 12.9. The third-order valence-corrected chi connectivity index (χ3v) is 6.16. The summed E-state index contributed by atoms with van der Waals surface area (Å²) in [7, 11) is 1.66. The molecule has 3 aromatic carbocycles. The summed E-state index contributed by atoms with van der Waals surface area (Å²) in [6, 6.07) is 19.9. The second kappa shape index (κ2) is 15.8. The molecule has 0 atom stereocenters. The maximum Gasteiger partial charge on any atom is 0.290 e. The molecule has 1 aliphatic rings. The van der Waals surface area contributed by atoms with Crippen LogP contribution in [0.15, 0.2) is 65.5 Å². The van der Waals surface area contributed by atoms with Gasteiger partial charge in [0.25, 0.3) is 12.0 Å². The molecule has 0 aliphatic carbocycles. The van der Waals surface area contributed by atoms with E-state index >= 15 is 0 Å². The lowest BCUT2D eigenvalue weighted by molar-refractivity contribution is -0.122. The molecule has 1 aliphatic heterocycles. The van der Waals surface area contributed by atoms with Crippen LogP contribution in [-0.4, -0.2) is 61.6 Å². The fraction of sp³-hybridized carbons (Fsp3) is 0.290. The minimum absolute atomic E-state index is 0.129. The highest BCUT2D eigenvalue weighted by molar-refractivity contribution is 5.94. The predicted molar refractivity (Wildman–Crippen MR) is 159 cm³/mol. The first-order chi connectivity index (χ1) is 19.5. The van der Waals surface area contributed by atoms with Crippen LogP contribution in [0.3, 0.4) is 0 Å². The molecule has 0 radical (unpaired) electrons. The van der Waals surface area contributed by atoms with Gasteiger partial charge in [-0.05, 0) is 61.4 Å². The lowest BCUT2D eigenvalue weighted by Crippen LogP contribution is -2.36. The summed E-state index contributed by atoms with van der Waals surface area (Å²) in [6.07, 6.45) is 0. The van der Waals surface area contributed by atoms with Gasteiger partial charge in [0.05, 0.1) is 37.1 Å². The molecular formula is C31H37N3O6. The molecule has 1 N–H and O–H groups in total. The zero-order valence-electron chi connectivity index (χ0n) is 23.7. The molecule has 1 fully saturated rings. The first-order valence-corrected chi connectivity index (χ1v) is 13.0. The minimum Gasteiger partial charge on any atom is -0.497 e. The molecule has 1 saturated heterocycles. The Bertz CT molecular complexity index is 1460. The average molecular weight is 548 g/mol. The Morgan fingerprint density at radius 1 is 0.975 bits per heavy atom. The zero-order chi connectivity index (χ0) is 29.7. The van der Waals surface area contributed by atoms with Crippen molar-refractivity contribution in [1.29, 1.82) is 0 Å². The topological polar surface area (TPSA) is 111 Å². The number of aryl methyl sites for hydroxylation is 2. The number of nitrogens with zero attached hydrogens (tertiary/aromatic N) is 3. The molecule has 9 heteroatoms. The number of benzene rings is 3. The summed E-state index contributed by atoms with van der Waals surface area (Å²) in [5.41, 5.74) is 5.46. The van der Waals surface area contributed by atoms with E-state index in [9.17, 15) is 4.79 Å². The molecule has 0 spiro atoms. The van der Waals surface area contributed by atoms with Gasteiger partial charge >= 0.3 is 0 Å². The number of carboxylic acid groups (broad SMARTS) is 1. The molecule has 0 amide bonds. The molecule has 1 aromatic heterocycles. The van der Waals surface area contributed by atoms with E-state index < -0.39 is 0 Å². The minimum atomic E-state index is -0.250. The van der Waals surface area contributed by atoms with Crippen LogP contribution < -0.4 is 15.2 Å². The van der Waals surface area contributed by atoms with E-state index in [1.807, 2.05) is 70.9 Å². The summed E-state index contributed by atoms with van der Waals surface area (Å²) in [5, 5.41) is 13.3. The van der Waals surface area contributed by atoms with E-state index in [0.29, 0.717) is 18.6 Å². The maximum atomic E-state index is 13.6. The van der Waals surface area contributed by atoms with Crippen LogP contribution in [0.4, 0.5) is 5.69 Å². The lowest BCUT2D eigenvalue weighted by Gasteiger charge is -2.29. The molecule has 0 unspecified atom stereocenters. The monoisotopic (exact) mass is 547 g/mol. The van der Waals surface area contributed by atoms with E-state index in [-0.39, 0.29) is 12.0 Å². The van der Waals surface area contributed by atoms with Crippen molar-refractivity contribution in [2.75, 3.05) is 38.3 Å². The van der Waals surface area contributed by atoms with Crippen LogP contribution in [0.25, 0.3) is 27.7 Å². The van der Waals surface area contributed by atoms with Crippen LogP contribution >= 0.6 is 0 Å². The fourth-order valence-corrected chi connectivity index (χ4v) is 4.41. The molecule has 0 saturated carbocycles. The molecule has 4 aromatic rings. The normalized spacial score (nSPS) is 12.1. The highest BCUT2D eigenvalue weighted by Gasteiger charge is 2.18. The summed E-state index contributed by atoms with van der Waals surface area (Å²) >= 11 is 0. The van der Waals surface area contributed by atoms with Crippen LogP contribution in [0.2, 0.25) is 0 Å².